The molecule has 0 unspecified atom stereocenters. The number of ether oxygens (including phenoxy) is 2. The summed E-state index contributed by atoms with van der Waals surface area (Å²) in [5, 5.41) is 25.4. The van der Waals surface area contributed by atoms with Crippen LogP contribution in [0.5, 0.6) is 0 Å². The van der Waals surface area contributed by atoms with Gasteiger partial charge in [0.1, 0.15) is 0 Å². The third-order valence-corrected chi connectivity index (χ3v) is 12.0. The Morgan fingerprint density at radius 3 is 1.46 bits per heavy atom. The van der Waals surface area contributed by atoms with Gasteiger partial charge in [0, 0.05) is 92.5 Å². The molecule has 3 aromatic carbocycles. The van der Waals surface area contributed by atoms with E-state index in [1.54, 1.807) is 70.5 Å². The molecule has 0 aliphatic carbocycles. The molecular formula is C47H56N16O7. The van der Waals surface area contributed by atoms with Crippen molar-refractivity contribution in [3.8, 4) is 0 Å². The topological polar surface area (TPSA) is 308 Å². The molecule has 70 heavy (non-hydrogen) atoms. The van der Waals surface area contributed by atoms with Crippen molar-refractivity contribution in [2.75, 3.05) is 99.2 Å². The van der Waals surface area contributed by atoms with Gasteiger partial charge in [-0.2, -0.15) is 9.97 Å². The zero-order valence-electron chi connectivity index (χ0n) is 38.5. The number of anilines is 6. The van der Waals surface area contributed by atoms with E-state index in [-0.39, 0.29) is 52.8 Å². The lowest BCUT2D eigenvalue weighted by atomic mass is 10.1. The summed E-state index contributed by atoms with van der Waals surface area (Å²) in [5.41, 5.74) is 19.8. The molecule has 23 heteroatoms. The van der Waals surface area contributed by atoms with Gasteiger partial charge in [-0.15, -0.1) is 20.4 Å². The minimum Gasteiger partial charge on any atom is -0.378 e. The van der Waals surface area contributed by atoms with Crippen LogP contribution in [0.4, 0.5) is 34.9 Å². The van der Waals surface area contributed by atoms with Crippen LogP contribution in [0.2, 0.25) is 0 Å². The first-order valence-electron chi connectivity index (χ1n) is 23.2. The average Bonchev–Trinajstić information content (AvgIpc) is 3.39. The van der Waals surface area contributed by atoms with Crippen LogP contribution in [0.3, 0.4) is 0 Å². The van der Waals surface area contributed by atoms with E-state index in [2.05, 4.69) is 46.3 Å². The molecule has 2 aromatic heterocycles. The van der Waals surface area contributed by atoms with Crippen molar-refractivity contribution < 1.29 is 33.4 Å². The quantitative estimate of drug-likeness (QED) is 0.104. The minimum absolute atomic E-state index is 0.0416. The lowest BCUT2D eigenvalue weighted by Crippen LogP contribution is -2.48. The number of nitrogens with one attached hydrogen (secondary N) is 3. The molecule has 5 amide bonds. The molecule has 0 spiro atoms. The predicted molar refractivity (Wildman–Crippen MR) is 258 cm³/mol. The second-order valence-corrected chi connectivity index (χ2v) is 17.0. The number of piperidine rings is 2. The van der Waals surface area contributed by atoms with Gasteiger partial charge in [-0.25, -0.2) is 0 Å². The molecule has 2 atom stereocenters. The van der Waals surface area contributed by atoms with Gasteiger partial charge >= 0.3 is 0 Å². The van der Waals surface area contributed by atoms with Crippen LogP contribution in [0, 0.1) is 0 Å². The maximum Gasteiger partial charge on any atom is 0.273 e. The summed E-state index contributed by atoms with van der Waals surface area (Å²) < 4.78 is 10.6. The molecule has 9 N–H and O–H groups in total. The molecule has 9 rings (SSSR count). The fourth-order valence-corrected chi connectivity index (χ4v) is 8.30. The zero-order chi connectivity index (χ0) is 49.0. The van der Waals surface area contributed by atoms with Crippen LogP contribution in [0.25, 0.3) is 0 Å². The molecule has 0 radical (unpaired) electrons. The Kier molecular flexibility index (Phi) is 15.9. The van der Waals surface area contributed by atoms with E-state index in [0.29, 0.717) is 112 Å². The normalized spacial score (nSPS) is 18.2. The molecule has 6 heterocycles. The highest BCUT2D eigenvalue weighted by Gasteiger charge is 2.27. The number of nitrogens with zero attached hydrogens (tertiary/aromatic N) is 10. The van der Waals surface area contributed by atoms with E-state index in [0.717, 1.165) is 32.2 Å². The second-order valence-electron chi connectivity index (χ2n) is 17.0. The summed E-state index contributed by atoms with van der Waals surface area (Å²) in [6.07, 6.45) is 3.53. The first-order chi connectivity index (χ1) is 34.0. The number of benzene rings is 3. The molecule has 0 saturated carbocycles. The van der Waals surface area contributed by atoms with Crippen LogP contribution >= 0.6 is 0 Å². The molecule has 366 valence electrons. The van der Waals surface area contributed by atoms with Gasteiger partial charge in [0.2, 0.25) is 11.9 Å². The Morgan fingerprint density at radius 2 is 1.00 bits per heavy atom. The van der Waals surface area contributed by atoms with E-state index in [1.165, 1.54) is 0 Å². The van der Waals surface area contributed by atoms with E-state index < -0.39 is 11.8 Å². The van der Waals surface area contributed by atoms with Crippen LogP contribution in [-0.4, -0.2) is 161 Å². The van der Waals surface area contributed by atoms with Crippen molar-refractivity contribution >= 4 is 64.4 Å². The highest BCUT2D eigenvalue weighted by molar-refractivity contribution is 5.98. The fraction of sp³-hybridized carbons (Fsp3) is 0.383. The lowest BCUT2D eigenvalue weighted by molar-refractivity contribution is 0.0301. The van der Waals surface area contributed by atoms with Crippen molar-refractivity contribution in [2.45, 2.75) is 37.8 Å². The van der Waals surface area contributed by atoms with Crippen molar-refractivity contribution in [2.24, 2.45) is 17.2 Å². The Balaban J connectivity index is 0.000000193. The highest BCUT2D eigenvalue weighted by atomic mass is 16.5. The van der Waals surface area contributed by atoms with Crippen molar-refractivity contribution in [3.63, 3.8) is 0 Å². The van der Waals surface area contributed by atoms with Gasteiger partial charge in [-0.3, -0.25) is 24.0 Å². The number of hydrogen-bond acceptors (Lipinski definition) is 18. The number of carbonyl (C=O) groups excluding carboxylic acids is 5. The Bertz CT molecular complexity index is 2630. The minimum atomic E-state index is -0.769. The standard InChI is InChI=1S/C27H30N8O4.C20H26N8O3/c28-23(36)22-24(29-20-10-8-19(9-11-20)26(38)34-13-15-39-16-14-34)31-27(33-32-22)35-12-4-7-21(17-35)30-25(37)18-5-2-1-3-6-18;21-14-2-1-7-28(12-14)20-24-18(16(17(22)29)25-26-20)23-15-5-3-13(4-6-15)19(30)27-8-10-31-11-9-27/h1-3,5-6,8-11,21H,4,7,12-17H2,(H2,28,36)(H,30,37)(H,29,31,33);3-6,14H,1-2,7-12,21H2,(H2,22,29)(H,23,24,26)/t21-;14-/m11/s1. The largest absolute Gasteiger partial charge is 0.378 e. The molecule has 0 bridgehead atoms. The number of morpholine rings is 2. The SMILES string of the molecule is NC(=O)c1nnc(N2CCC[C@@H](N)C2)nc1Nc1ccc(C(=O)N2CCOCC2)cc1.NC(=O)c1nnc(N2CCC[C@@H](NC(=O)c3ccccc3)C2)nc1Nc1ccc(C(=O)N2CCOCC2)cc1. The van der Waals surface area contributed by atoms with E-state index in [4.69, 9.17) is 26.7 Å². The first-order valence-corrected chi connectivity index (χ1v) is 23.2. The molecular weight excluding hydrogens is 901 g/mol. The van der Waals surface area contributed by atoms with E-state index in [1.807, 2.05) is 28.0 Å². The predicted octanol–water partition coefficient (Wildman–Crippen LogP) is 1.70. The Hall–Kier alpha value is -7.89. The summed E-state index contributed by atoms with van der Waals surface area (Å²) in [6.45, 7) is 6.99. The molecule has 4 aliphatic heterocycles. The molecule has 4 saturated heterocycles. The summed E-state index contributed by atoms with van der Waals surface area (Å²) in [4.78, 5) is 78.2. The fourth-order valence-electron chi connectivity index (χ4n) is 8.30. The van der Waals surface area contributed by atoms with Crippen LogP contribution in [-0.2, 0) is 9.47 Å². The monoisotopic (exact) mass is 956 g/mol. The van der Waals surface area contributed by atoms with Gasteiger partial charge in [0.15, 0.2) is 23.0 Å². The van der Waals surface area contributed by atoms with Crippen molar-refractivity contribution in [3.05, 3.63) is 107 Å². The number of nitrogens with two attached hydrogens (primary N) is 3. The van der Waals surface area contributed by atoms with Crippen molar-refractivity contribution in [1.29, 1.82) is 0 Å². The molecule has 4 aliphatic rings. The number of primary amides is 2. The summed E-state index contributed by atoms with van der Waals surface area (Å²) >= 11 is 0. The van der Waals surface area contributed by atoms with Crippen LogP contribution in [0.1, 0.15) is 77.7 Å². The van der Waals surface area contributed by atoms with Crippen LogP contribution in [0.15, 0.2) is 78.9 Å². The van der Waals surface area contributed by atoms with E-state index >= 15 is 0 Å². The molecule has 4 fully saturated rings. The summed E-state index contributed by atoms with van der Waals surface area (Å²) in [6, 6.07) is 22.8. The van der Waals surface area contributed by atoms with Gasteiger partial charge in [0.05, 0.1) is 26.4 Å². The number of amides is 5. The maximum absolute atomic E-state index is 12.7. The summed E-state index contributed by atoms with van der Waals surface area (Å²) in [7, 11) is 0. The number of carbonyl (C=O) groups is 5. The maximum atomic E-state index is 12.7. The number of hydrogen-bond donors (Lipinski definition) is 6. The number of rotatable bonds is 12. The number of aromatic nitrogens is 6. The Morgan fingerprint density at radius 1 is 0.543 bits per heavy atom. The van der Waals surface area contributed by atoms with Gasteiger partial charge < -0.3 is 62.2 Å². The van der Waals surface area contributed by atoms with Gasteiger partial charge in [-0.05, 0) is 86.3 Å². The Labute approximate surface area is 403 Å². The van der Waals surface area contributed by atoms with Crippen molar-refractivity contribution in [1.82, 2.24) is 45.5 Å². The first kappa shape index (κ1) is 48.6. The molecule has 5 aromatic rings. The second kappa shape index (κ2) is 22.9. The smallest absolute Gasteiger partial charge is 0.273 e. The third-order valence-electron chi connectivity index (χ3n) is 12.0. The van der Waals surface area contributed by atoms with E-state index in [9.17, 15) is 24.0 Å². The van der Waals surface area contributed by atoms with Gasteiger partial charge in [0.25, 0.3) is 29.5 Å². The highest BCUT2D eigenvalue weighted by Crippen LogP contribution is 2.25. The summed E-state index contributed by atoms with van der Waals surface area (Å²) in [5.74, 6) is -0.657. The van der Waals surface area contributed by atoms with Crippen LogP contribution < -0.4 is 43.0 Å². The third kappa shape index (κ3) is 12.4. The zero-order valence-corrected chi connectivity index (χ0v) is 38.5. The lowest BCUT2D eigenvalue weighted by Gasteiger charge is -2.33. The molecule has 23 nitrogen and oxygen atoms in total. The average molecular weight is 957 g/mol. The van der Waals surface area contributed by atoms with Gasteiger partial charge in [-0.1, -0.05) is 18.2 Å².